The number of sulfonamides is 1. The molecule has 2 bridgehead atoms. The van der Waals surface area contributed by atoms with Gasteiger partial charge in [0, 0.05) is 18.2 Å². The van der Waals surface area contributed by atoms with E-state index in [4.69, 9.17) is 0 Å². The third kappa shape index (κ3) is 6.08. The molecule has 2 N–H and O–H groups in total. The summed E-state index contributed by atoms with van der Waals surface area (Å²) < 4.78 is 29.0. The molecule has 4 atom stereocenters. The smallest absolute Gasteiger partial charge is 0.240 e. The summed E-state index contributed by atoms with van der Waals surface area (Å²) in [5.74, 6) is 1.22. The fourth-order valence-electron chi connectivity index (χ4n) is 5.63. The first-order valence-corrected chi connectivity index (χ1v) is 14.3. The average Bonchev–Trinajstić information content (AvgIpc) is 3.10. The van der Waals surface area contributed by atoms with E-state index in [0.717, 1.165) is 37.8 Å². The number of carbonyl (C=O) groups is 1. The predicted octanol–water partition coefficient (Wildman–Crippen LogP) is 5.70. The Bertz CT molecular complexity index is 1080. The summed E-state index contributed by atoms with van der Waals surface area (Å²) in [4.78, 5) is 12.8. The number of fused-ring (bicyclic) bond motifs is 3. The lowest BCUT2D eigenvalue weighted by Gasteiger charge is -2.23. The highest BCUT2D eigenvalue weighted by atomic mass is 32.2. The molecule has 2 aromatic rings. The fourth-order valence-corrected chi connectivity index (χ4v) is 7.02. The maximum absolute atomic E-state index is 13.0. The topological polar surface area (TPSA) is 75.3 Å². The summed E-state index contributed by atoms with van der Waals surface area (Å²) in [6.45, 7) is 4.42. The molecule has 2 aliphatic carbocycles. The zero-order valence-electron chi connectivity index (χ0n) is 20.4. The van der Waals surface area contributed by atoms with Crippen molar-refractivity contribution in [3.8, 4) is 0 Å². The van der Waals surface area contributed by atoms with E-state index >= 15 is 0 Å². The highest BCUT2D eigenvalue weighted by molar-refractivity contribution is 7.89. The maximum atomic E-state index is 13.0. The molecule has 34 heavy (non-hydrogen) atoms. The minimum Gasteiger partial charge on any atom is -0.326 e. The summed E-state index contributed by atoms with van der Waals surface area (Å²) in [7, 11) is -3.54. The molecule has 2 aromatic carbocycles. The number of unbranched alkanes of at least 4 members (excludes halogenated alkanes) is 1. The van der Waals surface area contributed by atoms with Crippen molar-refractivity contribution in [1.82, 2.24) is 4.72 Å². The van der Waals surface area contributed by atoms with Crippen LogP contribution in [-0.4, -0.2) is 20.4 Å². The van der Waals surface area contributed by atoms with Gasteiger partial charge in [-0.2, -0.15) is 0 Å². The molecule has 184 valence electrons. The minimum absolute atomic E-state index is 0.0553. The van der Waals surface area contributed by atoms with Gasteiger partial charge < -0.3 is 5.32 Å². The lowest BCUT2D eigenvalue weighted by atomic mass is 9.93. The summed E-state index contributed by atoms with van der Waals surface area (Å²) in [6, 6.07) is 14.8. The van der Waals surface area contributed by atoms with Gasteiger partial charge >= 0.3 is 0 Å². The van der Waals surface area contributed by atoms with E-state index in [1.165, 1.54) is 30.4 Å². The molecular formula is C28H38N2O3S. The first-order chi connectivity index (χ1) is 16.4. The van der Waals surface area contributed by atoms with E-state index in [-0.39, 0.29) is 17.9 Å². The Labute approximate surface area is 204 Å². The lowest BCUT2D eigenvalue weighted by molar-refractivity contribution is -0.116. The van der Waals surface area contributed by atoms with Gasteiger partial charge in [-0.1, -0.05) is 57.4 Å². The largest absolute Gasteiger partial charge is 0.326 e. The van der Waals surface area contributed by atoms with Crippen LogP contribution >= 0.6 is 0 Å². The highest BCUT2D eigenvalue weighted by Gasteiger charge is 2.41. The second-order valence-corrected chi connectivity index (χ2v) is 12.0. The molecule has 2 aliphatic rings. The molecule has 0 aliphatic heterocycles. The van der Waals surface area contributed by atoms with E-state index in [1.54, 1.807) is 24.3 Å². The number of anilines is 1. The Morgan fingerprint density at radius 2 is 1.71 bits per heavy atom. The van der Waals surface area contributed by atoms with E-state index in [9.17, 15) is 13.2 Å². The summed E-state index contributed by atoms with van der Waals surface area (Å²) in [6.07, 6.45) is 8.85. The third-order valence-corrected chi connectivity index (χ3v) is 9.11. The van der Waals surface area contributed by atoms with Crippen LogP contribution in [0.25, 0.3) is 0 Å². The highest BCUT2D eigenvalue weighted by Crippen LogP contribution is 2.41. The summed E-state index contributed by atoms with van der Waals surface area (Å²) in [5.41, 5.74) is 3.37. The van der Waals surface area contributed by atoms with Gasteiger partial charge in [-0.15, -0.1) is 0 Å². The van der Waals surface area contributed by atoms with Gasteiger partial charge in [0.15, 0.2) is 0 Å². The zero-order valence-corrected chi connectivity index (χ0v) is 21.2. The van der Waals surface area contributed by atoms with Crippen molar-refractivity contribution in [2.75, 3.05) is 5.32 Å². The predicted molar refractivity (Wildman–Crippen MR) is 137 cm³/mol. The average molecular weight is 483 g/mol. The van der Waals surface area contributed by atoms with E-state index in [0.29, 0.717) is 23.2 Å². The van der Waals surface area contributed by atoms with E-state index < -0.39 is 10.0 Å². The van der Waals surface area contributed by atoms with Crippen LogP contribution in [0.5, 0.6) is 0 Å². The number of carbonyl (C=O) groups excluding carboxylic acids is 1. The lowest BCUT2D eigenvalue weighted by Crippen LogP contribution is -2.41. The van der Waals surface area contributed by atoms with Gasteiger partial charge in [-0.05, 0) is 85.3 Å². The van der Waals surface area contributed by atoms with Crippen LogP contribution in [0.1, 0.15) is 69.9 Å². The number of hydrogen-bond donors (Lipinski definition) is 2. The SMILES string of the molecule is CCCCC(C)CCC(=O)Nc1ccc2c(c1)CC1CCC(C2)C1NS(=O)(=O)c1ccccc1. The number of benzene rings is 2. The Hall–Kier alpha value is -2.18. The van der Waals surface area contributed by atoms with Crippen LogP contribution < -0.4 is 10.0 Å². The van der Waals surface area contributed by atoms with Gasteiger partial charge in [0.25, 0.3) is 0 Å². The zero-order chi connectivity index (χ0) is 24.1. The van der Waals surface area contributed by atoms with Crippen LogP contribution in [0.15, 0.2) is 53.4 Å². The summed E-state index contributed by atoms with van der Waals surface area (Å²) >= 11 is 0. The van der Waals surface area contributed by atoms with Crippen LogP contribution in [0.3, 0.4) is 0 Å². The molecule has 1 saturated carbocycles. The van der Waals surface area contributed by atoms with Gasteiger partial charge in [0.1, 0.15) is 0 Å². The molecule has 0 saturated heterocycles. The molecular weight excluding hydrogens is 444 g/mol. The van der Waals surface area contributed by atoms with Gasteiger partial charge in [0.2, 0.25) is 15.9 Å². The Morgan fingerprint density at radius 1 is 1.00 bits per heavy atom. The van der Waals surface area contributed by atoms with Crippen molar-refractivity contribution in [1.29, 1.82) is 0 Å². The van der Waals surface area contributed by atoms with Crippen molar-refractivity contribution in [3.05, 3.63) is 59.7 Å². The molecule has 1 amide bonds. The molecule has 4 unspecified atom stereocenters. The Morgan fingerprint density at radius 3 is 2.41 bits per heavy atom. The Balaban J connectivity index is 1.40. The molecule has 6 heteroatoms. The first kappa shape index (κ1) is 24.9. The standard InChI is InChI=1S/C28H38N2O3S/c1-3-4-8-20(2)11-16-27(31)29-25-15-14-21-17-22-12-13-23(18-24(21)19-25)28(22)30-34(32,33)26-9-6-5-7-10-26/h5-7,9-10,14-15,19-20,22-23,28,30H,3-4,8,11-13,16-18H2,1-2H3,(H,29,31). The van der Waals surface area contributed by atoms with Crippen molar-refractivity contribution >= 4 is 21.6 Å². The number of rotatable bonds is 10. The monoisotopic (exact) mass is 482 g/mol. The van der Waals surface area contributed by atoms with E-state index in [1.807, 2.05) is 12.1 Å². The second-order valence-electron chi connectivity index (χ2n) is 10.3. The van der Waals surface area contributed by atoms with Crippen molar-refractivity contribution < 1.29 is 13.2 Å². The van der Waals surface area contributed by atoms with Crippen LogP contribution in [0, 0.1) is 17.8 Å². The minimum atomic E-state index is -3.54. The van der Waals surface area contributed by atoms with Crippen LogP contribution in [0.2, 0.25) is 0 Å². The third-order valence-electron chi connectivity index (χ3n) is 7.64. The van der Waals surface area contributed by atoms with Crippen LogP contribution in [0.4, 0.5) is 5.69 Å². The number of nitrogens with one attached hydrogen (secondary N) is 2. The number of amides is 1. The first-order valence-electron chi connectivity index (χ1n) is 12.8. The van der Waals surface area contributed by atoms with Gasteiger partial charge in [-0.25, -0.2) is 13.1 Å². The Kier molecular flexibility index (Phi) is 8.10. The van der Waals surface area contributed by atoms with Crippen molar-refractivity contribution in [2.24, 2.45) is 17.8 Å². The fraction of sp³-hybridized carbons (Fsp3) is 0.536. The normalized spacial score (nSPS) is 22.6. The summed E-state index contributed by atoms with van der Waals surface area (Å²) in [5, 5.41) is 3.09. The van der Waals surface area contributed by atoms with Gasteiger partial charge in [0.05, 0.1) is 4.90 Å². The number of hydrogen-bond acceptors (Lipinski definition) is 3. The quantitative estimate of drug-likeness (QED) is 0.456. The van der Waals surface area contributed by atoms with Gasteiger partial charge in [-0.3, -0.25) is 4.79 Å². The molecule has 0 aromatic heterocycles. The molecule has 1 fully saturated rings. The molecule has 0 heterocycles. The molecule has 5 nitrogen and oxygen atoms in total. The maximum Gasteiger partial charge on any atom is 0.240 e. The van der Waals surface area contributed by atoms with Crippen molar-refractivity contribution in [2.45, 2.75) is 82.6 Å². The molecule has 0 spiro atoms. The van der Waals surface area contributed by atoms with E-state index in [2.05, 4.69) is 36.0 Å². The van der Waals surface area contributed by atoms with Crippen LogP contribution in [-0.2, 0) is 27.7 Å². The van der Waals surface area contributed by atoms with Crippen molar-refractivity contribution in [3.63, 3.8) is 0 Å². The molecule has 4 rings (SSSR count). The second kappa shape index (κ2) is 11.0. The molecule has 0 radical (unpaired) electrons.